The second-order valence-electron chi connectivity index (χ2n) is 4.84. The number of carbonyl (C=O) groups excluding carboxylic acids is 2. The SMILES string of the molecule is CCOC(=O)c1c(N)sc(C(=O)Nc2cccc(C)c2)c1C. The molecule has 0 saturated carbocycles. The topological polar surface area (TPSA) is 81.4 Å². The highest BCUT2D eigenvalue weighted by atomic mass is 32.1. The second kappa shape index (κ2) is 6.62. The van der Waals surface area contributed by atoms with Crippen LogP contribution in [0.1, 0.15) is 38.1 Å². The molecule has 0 aliphatic carbocycles. The first-order valence-electron chi connectivity index (χ1n) is 6.88. The average Bonchev–Trinajstić information content (AvgIpc) is 2.74. The molecule has 1 heterocycles. The highest BCUT2D eigenvalue weighted by Crippen LogP contribution is 2.31. The monoisotopic (exact) mass is 318 g/mol. The van der Waals surface area contributed by atoms with Gasteiger partial charge in [0.1, 0.15) is 5.00 Å². The van der Waals surface area contributed by atoms with E-state index >= 15 is 0 Å². The van der Waals surface area contributed by atoms with Gasteiger partial charge in [-0.3, -0.25) is 4.79 Å². The van der Waals surface area contributed by atoms with Gasteiger partial charge in [0.15, 0.2) is 0 Å². The molecule has 0 aliphatic heterocycles. The molecule has 0 radical (unpaired) electrons. The molecule has 3 N–H and O–H groups in total. The van der Waals surface area contributed by atoms with E-state index in [0.717, 1.165) is 16.9 Å². The lowest BCUT2D eigenvalue weighted by Gasteiger charge is -2.06. The van der Waals surface area contributed by atoms with Crippen molar-refractivity contribution >= 4 is 33.9 Å². The van der Waals surface area contributed by atoms with Crippen LogP contribution in [0.15, 0.2) is 24.3 Å². The zero-order valence-corrected chi connectivity index (χ0v) is 13.5. The van der Waals surface area contributed by atoms with Crippen molar-refractivity contribution in [2.45, 2.75) is 20.8 Å². The van der Waals surface area contributed by atoms with Gasteiger partial charge in [-0.25, -0.2) is 4.79 Å². The van der Waals surface area contributed by atoms with Crippen molar-refractivity contribution in [1.82, 2.24) is 0 Å². The minimum atomic E-state index is -0.497. The van der Waals surface area contributed by atoms with E-state index < -0.39 is 5.97 Å². The Bertz CT molecular complexity index is 722. The van der Waals surface area contributed by atoms with E-state index in [2.05, 4.69) is 5.32 Å². The standard InChI is InChI=1S/C16H18N2O3S/c1-4-21-16(20)12-10(3)13(22-14(12)17)15(19)18-11-7-5-6-9(2)8-11/h5-8H,4,17H2,1-3H3,(H,18,19). The molecule has 1 aromatic carbocycles. The van der Waals surface area contributed by atoms with E-state index in [4.69, 9.17) is 10.5 Å². The molecule has 2 aromatic rings. The molecule has 1 aromatic heterocycles. The summed E-state index contributed by atoms with van der Waals surface area (Å²) in [5.74, 6) is -0.779. The van der Waals surface area contributed by atoms with E-state index in [1.54, 1.807) is 13.8 Å². The summed E-state index contributed by atoms with van der Waals surface area (Å²) in [6.07, 6.45) is 0. The first kappa shape index (κ1) is 16.0. The van der Waals surface area contributed by atoms with E-state index in [1.807, 2.05) is 31.2 Å². The predicted molar refractivity (Wildman–Crippen MR) is 88.6 cm³/mol. The van der Waals surface area contributed by atoms with Crippen LogP contribution in [-0.4, -0.2) is 18.5 Å². The Morgan fingerprint density at radius 3 is 2.68 bits per heavy atom. The van der Waals surface area contributed by atoms with Crippen LogP contribution in [0.3, 0.4) is 0 Å². The largest absolute Gasteiger partial charge is 0.462 e. The number of rotatable bonds is 4. The summed E-state index contributed by atoms with van der Waals surface area (Å²) in [4.78, 5) is 24.7. The Morgan fingerprint density at radius 2 is 2.05 bits per heavy atom. The Balaban J connectivity index is 2.27. The molecule has 0 unspecified atom stereocenters. The van der Waals surface area contributed by atoms with Gasteiger partial charge in [-0.1, -0.05) is 12.1 Å². The van der Waals surface area contributed by atoms with Crippen LogP contribution in [0, 0.1) is 13.8 Å². The van der Waals surface area contributed by atoms with Crippen molar-refractivity contribution in [1.29, 1.82) is 0 Å². The fourth-order valence-electron chi connectivity index (χ4n) is 2.12. The molecule has 0 bridgehead atoms. The molecule has 116 valence electrons. The van der Waals surface area contributed by atoms with Gasteiger partial charge in [0.25, 0.3) is 5.91 Å². The third-order valence-corrected chi connectivity index (χ3v) is 4.26. The molecule has 0 spiro atoms. The Labute approximate surface area is 133 Å². The normalized spacial score (nSPS) is 10.3. The lowest BCUT2D eigenvalue weighted by Crippen LogP contribution is -2.13. The minimum absolute atomic E-state index is 0.262. The van der Waals surface area contributed by atoms with Gasteiger partial charge in [0.2, 0.25) is 0 Å². The third-order valence-electron chi connectivity index (χ3n) is 3.14. The Kier molecular flexibility index (Phi) is 4.82. The van der Waals surface area contributed by atoms with Crippen molar-refractivity contribution in [3.05, 3.63) is 45.8 Å². The number of esters is 1. The summed E-state index contributed by atoms with van der Waals surface area (Å²) in [7, 11) is 0. The predicted octanol–water partition coefficient (Wildman–Crippen LogP) is 3.38. The molecule has 2 rings (SSSR count). The molecular weight excluding hydrogens is 300 g/mol. The number of nitrogen functional groups attached to an aromatic ring is 1. The molecule has 6 heteroatoms. The summed E-state index contributed by atoms with van der Waals surface area (Å²) in [5.41, 5.74) is 8.44. The van der Waals surface area contributed by atoms with Gasteiger partial charge >= 0.3 is 5.97 Å². The highest BCUT2D eigenvalue weighted by molar-refractivity contribution is 7.18. The molecule has 22 heavy (non-hydrogen) atoms. The maximum absolute atomic E-state index is 12.4. The van der Waals surface area contributed by atoms with E-state index in [-0.39, 0.29) is 18.1 Å². The van der Waals surface area contributed by atoms with Gasteiger partial charge < -0.3 is 15.8 Å². The van der Waals surface area contributed by atoms with Gasteiger partial charge in [-0.2, -0.15) is 0 Å². The number of carbonyl (C=O) groups is 2. The maximum Gasteiger partial charge on any atom is 0.341 e. The number of nitrogens with one attached hydrogen (secondary N) is 1. The van der Waals surface area contributed by atoms with Crippen molar-refractivity contribution in [3.63, 3.8) is 0 Å². The third kappa shape index (κ3) is 3.28. The van der Waals surface area contributed by atoms with Gasteiger partial charge in [-0.05, 0) is 44.0 Å². The van der Waals surface area contributed by atoms with Crippen LogP contribution in [-0.2, 0) is 4.74 Å². The molecule has 0 fully saturated rings. The van der Waals surface area contributed by atoms with Crippen LogP contribution in [0.4, 0.5) is 10.7 Å². The quantitative estimate of drug-likeness (QED) is 0.847. The zero-order chi connectivity index (χ0) is 16.3. The molecule has 0 aliphatic rings. The molecule has 0 saturated heterocycles. The van der Waals surface area contributed by atoms with E-state index in [1.165, 1.54) is 0 Å². The summed E-state index contributed by atoms with van der Waals surface area (Å²) >= 11 is 1.09. The highest BCUT2D eigenvalue weighted by Gasteiger charge is 2.24. The number of nitrogens with two attached hydrogens (primary N) is 1. The van der Waals surface area contributed by atoms with Gasteiger partial charge in [0.05, 0.1) is 17.0 Å². The zero-order valence-electron chi connectivity index (χ0n) is 12.7. The minimum Gasteiger partial charge on any atom is -0.462 e. The molecule has 1 amide bonds. The van der Waals surface area contributed by atoms with Crippen LogP contribution in [0.5, 0.6) is 0 Å². The fraction of sp³-hybridized carbons (Fsp3) is 0.250. The van der Waals surface area contributed by atoms with Crippen LogP contribution >= 0.6 is 11.3 Å². The van der Waals surface area contributed by atoms with Gasteiger partial charge in [-0.15, -0.1) is 11.3 Å². The number of hydrogen-bond donors (Lipinski definition) is 2. The number of aryl methyl sites for hydroxylation is 1. The fourth-order valence-corrected chi connectivity index (χ4v) is 3.08. The summed E-state index contributed by atoms with van der Waals surface area (Å²) in [6.45, 7) is 5.63. The van der Waals surface area contributed by atoms with Crippen molar-refractivity contribution < 1.29 is 14.3 Å². The first-order chi connectivity index (χ1) is 10.4. The van der Waals surface area contributed by atoms with Crippen LogP contribution in [0.25, 0.3) is 0 Å². The number of ether oxygens (including phenoxy) is 1. The number of thiophene rings is 1. The number of hydrogen-bond acceptors (Lipinski definition) is 5. The smallest absolute Gasteiger partial charge is 0.341 e. The Morgan fingerprint density at radius 1 is 1.32 bits per heavy atom. The number of anilines is 2. The van der Waals surface area contributed by atoms with Crippen molar-refractivity contribution in [2.75, 3.05) is 17.7 Å². The lowest BCUT2D eigenvalue weighted by atomic mass is 10.1. The first-order valence-corrected chi connectivity index (χ1v) is 7.69. The number of benzene rings is 1. The van der Waals surface area contributed by atoms with E-state index in [0.29, 0.717) is 21.1 Å². The number of amides is 1. The average molecular weight is 318 g/mol. The Hall–Kier alpha value is -2.34. The summed E-state index contributed by atoms with van der Waals surface area (Å²) in [6, 6.07) is 7.49. The second-order valence-corrected chi connectivity index (χ2v) is 5.89. The summed E-state index contributed by atoms with van der Waals surface area (Å²) in [5, 5.41) is 3.11. The van der Waals surface area contributed by atoms with E-state index in [9.17, 15) is 9.59 Å². The molecular formula is C16H18N2O3S. The lowest BCUT2D eigenvalue weighted by molar-refractivity contribution is 0.0527. The van der Waals surface area contributed by atoms with Crippen LogP contribution < -0.4 is 11.1 Å². The molecule has 5 nitrogen and oxygen atoms in total. The summed E-state index contributed by atoms with van der Waals surface area (Å²) < 4.78 is 4.97. The maximum atomic E-state index is 12.4. The van der Waals surface area contributed by atoms with Crippen LogP contribution in [0.2, 0.25) is 0 Å². The van der Waals surface area contributed by atoms with Crippen molar-refractivity contribution in [2.24, 2.45) is 0 Å². The van der Waals surface area contributed by atoms with Gasteiger partial charge in [0, 0.05) is 5.69 Å². The molecule has 0 atom stereocenters. The van der Waals surface area contributed by atoms with Crippen molar-refractivity contribution in [3.8, 4) is 0 Å².